The quantitative estimate of drug-likeness (QED) is 0.869. The lowest BCUT2D eigenvalue weighted by atomic mass is 10.4. The Morgan fingerprint density at radius 1 is 1.35 bits per heavy atom. The van der Waals surface area contributed by atoms with Crippen LogP contribution in [0, 0.1) is 6.92 Å². The summed E-state index contributed by atoms with van der Waals surface area (Å²) in [6.07, 6.45) is 0. The Bertz CT molecular complexity index is 572. The number of carbonyl (C=O) groups is 2. The number of nitrogens with zero attached hydrogens (tertiary/aromatic N) is 1. The van der Waals surface area contributed by atoms with Crippen LogP contribution in [0.1, 0.15) is 32.0 Å². The van der Waals surface area contributed by atoms with Gasteiger partial charge in [0, 0.05) is 17.2 Å². The second-order valence-electron chi connectivity index (χ2n) is 3.46. The molecule has 2 heterocycles. The highest BCUT2D eigenvalue weighted by Gasteiger charge is 2.11. The second-order valence-corrected chi connectivity index (χ2v) is 5.60. The van der Waals surface area contributed by atoms with Crippen molar-refractivity contribution in [2.45, 2.75) is 13.8 Å². The number of thiazole rings is 1. The first kappa shape index (κ1) is 11.9. The molecule has 0 saturated heterocycles. The zero-order chi connectivity index (χ0) is 12.4. The first-order valence-electron chi connectivity index (χ1n) is 4.90. The van der Waals surface area contributed by atoms with Gasteiger partial charge in [0.05, 0.1) is 4.88 Å². The van der Waals surface area contributed by atoms with E-state index in [0.29, 0.717) is 15.7 Å². The minimum Gasteiger partial charge on any atom is -0.297 e. The van der Waals surface area contributed by atoms with Gasteiger partial charge in [-0.15, -0.1) is 22.7 Å². The molecule has 2 aromatic rings. The number of nitrogens with one attached hydrogen (secondary N) is 1. The van der Waals surface area contributed by atoms with Crippen LogP contribution >= 0.6 is 22.7 Å². The van der Waals surface area contributed by atoms with Crippen molar-refractivity contribution in [3.8, 4) is 0 Å². The zero-order valence-electron chi connectivity index (χ0n) is 9.31. The average Bonchev–Trinajstić information content (AvgIpc) is 2.86. The van der Waals surface area contributed by atoms with Gasteiger partial charge in [0.15, 0.2) is 10.9 Å². The fourth-order valence-electron chi connectivity index (χ4n) is 1.21. The summed E-state index contributed by atoms with van der Waals surface area (Å²) in [5.74, 6) is -0.290. The summed E-state index contributed by atoms with van der Waals surface area (Å²) in [5, 5.41) is 4.76. The largest absolute Gasteiger partial charge is 0.297 e. The highest BCUT2D eigenvalue weighted by atomic mass is 32.1. The van der Waals surface area contributed by atoms with Gasteiger partial charge in [-0.05, 0) is 19.1 Å². The molecule has 0 saturated carbocycles. The molecule has 4 nitrogen and oxygen atoms in total. The smallest absolute Gasteiger partial charge is 0.267 e. The SMILES string of the molecule is CC(=O)c1csc(NC(=O)c2ccc(C)s2)n1. The Hall–Kier alpha value is -1.53. The third kappa shape index (κ3) is 2.78. The Morgan fingerprint density at radius 2 is 2.12 bits per heavy atom. The fraction of sp³-hybridized carbons (Fsp3) is 0.182. The van der Waals surface area contributed by atoms with Gasteiger partial charge in [0.2, 0.25) is 0 Å². The molecule has 0 aliphatic rings. The number of rotatable bonds is 3. The summed E-state index contributed by atoms with van der Waals surface area (Å²) < 4.78 is 0. The monoisotopic (exact) mass is 266 g/mol. The molecule has 0 atom stereocenters. The van der Waals surface area contributed by atoms with Crippen molar-refractivity contribution in [3.63, 3.8) is 0 Å². The highest BCUT2D eigenvalue weighted by molar-refractivity contribution is 7.15. The molecule has 0 aliphatic carbocycles. The van der Waals surface area contributed by atoms with Gasteiger partial charge in [-0.25, -0.2) is 4.98 Å². The van der Waals surface area contributed by atoms with E-state index >= 15 is 0 Å². The van der Waals surface area contributed by atoms with Gasteiger partial charge in [0.1, 0.15) is 5.69 Å². The minimum atomic E-state index is -0.187. The van der Waals surface area contributed by atoms with Crippen LogP contribution in [0.4, 0.5) is 5.13 Å². The van der Waals surface area contributed by atoms with Gasteiger partial charge >= 0.3 is 0 Å². The van der Waals surface area contributed by atoms with E-state index in [-0.39, 0.29) is 11.7 Å². The molecule has 6 heteroatoms. The van der Waals surface area contributed by atoms with E-state index in [1.807, 2.05) is 13.0 Å². The van der Waals surface area contributed by atoms with E-state index in [1.165, 1.54) is 29.6 Å². The Balaban J connectivity index is 2.10. The van der Waals surface area contributed by atoms with Gasteiger partial charge < -0.3 is 0 Å². The number of anilines is 1. The molecule has 0 fully saturated rings. The van der Waals surface area contributed by atoms with Crippen molar-refractivity contribution in [2.75, 3.05) is 5.32 Å². The number of hydrogen-bond acceptors (Lipinski definition) is 5. The van der Waals surface area contributed by atoms with E-state index in [0.717, 1.165) is 4.88 Å². The molecule has 0 spiro atoms. The lowest BCUT2D eigenvalue weighted by molar-refractivity contribution is 0.100. The predicted octanol–water partition coefficient (Wildman–Crippen LogP) is 2.97. The lowest BCUT2D eigenvalue weighted by Gasteiger charge is -1.97. The summed E-state index contributed by atoms with van der Waals surface area (Å²) in [5.41, 5.74) is 0.382. The number of amides is 1. The molecule has 0 radical (unpaired) electrons. The predicted molar refractivity (Wildman–Crippen MR) is 69.1 cm³/mol. The van der Waals surface area contributed by atoms with Crippen LogP contribution in [0.15, 0.2) is 17.5 Å². The third-order valence-electron chi connectivity index (χ3n) is 2.05. The van der Waals surface area contributed by atoms with E-state index in [1.54, 1.807) is 11.4 Å². The van der Waals surface area contributed by atoms with Crippen molar-refractivity contribution in [2.24, 2.45) is 0 Å². The number of thiophene rings is 1. The molecule has 17 heavy (non-hydrogen) atoms. The van der Waals surface area contributed by atoms with E-state index in [9.17, 15) is 9.59 Å². The number of aryl methyl sites for hydroxylation is 1. The molecular weight excluding hydrogens is 256 g/mol. The Kier molecular flexibility index (Phi) is 3.35. The number of carbonyl (C=O) groups excluding carboxylic acids is 2. The Labute approximate surface area is 106 Å². The molecule has 0 bridgehead atoms. The summed E-state index contributed by atoms with van der Waals surface area (Å²) >= 11 is 2.67. The Morgan fingerprint density at radius 3 is 2.65 bits per heavy atom. The maximum Gasteiger partial charge on any atom is 0.267 e. The first-order valence-corrected chi connectivity index (χ1v) is 6.60. The van der Waals surface area contributed by atoms with Crippen molar-refractivity contribution in [1.82, 2.24) is 4.98 Å². The zero-order valence-corrected chi connectivity index (χ0v) is 10.9. The molecule has 1 amide bonds. The molecule has 1 N–H and O–H groups in total. The van der Waals surface area contributed by atoms with Crippen molar-refractivity contribution >= 4 is 39.5 Å². The number of ketones is 1. The van der Waals surface area contributed by atoms with Gasteiger partial charge in [-0.3, -0.25) is 14.9 Å². The van der Waals surface area contributed by atoms with Crippen molar-refractivity contribution in [3.05, 3.63) is 33.0 Å². The summed E-state index contributed by atoms with van der Waals surface area (Å²) in [6, 6.07) is 3.66. The van der Waals surface area contributed by atoms with Crippen LogP contribution in [0.3, 0.4) is 0 Å². The maximum atomic E-state index is 11.8. The van der Waals surface area contributed by atoms with Crippen molar-refractivity contribution in [1.29, 1.82) is 0 Å². The molecule has 88 valence electrons. The minimum absolute atomic E-state index is 0.103. The number of Topliss-reactive ketones (excluding diaryl/α,β-unsaturated/α-hetero) is 1. The summed E-state index contributed by atoms with van der Waals surface area (Å²) in [6.45, 7) is 3.39. The molecule has 2 rings (SSSR count). The summed E-state index contributed by atoms with van der Waals surface area (Å²) in [7, 11) is 0. The standard InChI is InChI=1S/C11H10N2O2S2/c1-6-3-4-9(17-6)10(15)13-11-12-8(5-16-11)7(2)14/h3-5H,1-2H3,(H,12,13,15). The van der Waals surface area contributed by atoms with Gasteiger partial charge in [0.25, 0.3) is 5.91 Å². The van der Waals surface area contributed by atoms with Crippen LogP contribution in [0.25, 0.3) is 0 Å². The van der Waals surface area contributed by atoms with E-state index < -0.39 is 0 Å². The van der Waals surface area contributed by atoms with Gasteiger partial charge in [-0.2, -0.15) is 0 Å². The van der Waals surface area contributed by atoms with E-state index in [4.69, 9.17) is 0 Å². The molecule has 2 aromatic heterocycles. The topological polar surface area (TPSA) is 59.1 Å². The van der Waals surface area contributed by atoms with Crippen LogP contribution in [-0.2, 0) is 0 Å². The third-order valence-corrected chi connectivity index (χ3v) is 3.81. The number of aromatic nitrogens is 1. The van der Waals surface area contributed by atoms with Crippen LogP contribution in [0.2, 0.25) is 0 Å². The fourth-order valence-corrected chi connectivity index (χ4v) is 2.72. The highest BCUT2D eigenvalue weighted by Crippen LogP contribution is 2.19. The number of hydrogen-bond donors (Lipinski definition) is 1. The van der Waals surface area contributed by atoms with Gasteiger partial charge in [-0.1, -0.05) is 0 Å². The maximum absolute atomic E-state index is 11.8. The summed E-state index contributed by atoms with van der Waals surface area (Å²) in [4.78, 5) is 28.6. The van der Waals surface area contributed by atoms with Crippen molar-refractivity contribution < 1.29 is 9.59 Å². The molecular formula is C11H10N2O2S2. The van der Waals surface area contributed by atoms with Crippen LogP contribution < -0.4 is 5.32 Å². The molecule has 0 aromatic carbocycles. The van der Waals surface area contributed by atoms with Crippen LogP contribution in [0.5, 0.6) is 0 Å². The first-order chi connectivity index (χ1) is 8.06. The normalized spacial score (nSPS) is 10.2. The second kappa shape index (κ2) is 4.77. The lowest BCUT2D eigenvalue weighted by Crippen LogP contribution is -2.10. The van der Waals surface area contributed by atoms with E-state index in [2.05, 4.69) is 10.3 Å². The average molecular weight is 266 g/mol. The molecule has 0 aliphatic heterocycles. The molecule has 0 unspecified atom stereocenters. The van der Waals surface area contributed by atoms with Crippen LogP contribution in [-0.4, -0.2) is 16.7 Å².